The summed E-state index contributed by atoms with van der Waals surface area (Å²) in [5, 5.41) is 4.27. The van der Waals surface area contributed by atoms with Gasteiger partial charge in [-0.25, -0.2) is 0 Å². The summed E-state index contributed by atoms with van der Waals surface area (Å²) < 4.78 is 2.41. The SMILES string of the molecule is C=CC(=O)N1CCN(C(=O)c2nn(C)c(C)c2Br)[C@@H](C)C1. The number of amides is 2. The summed E-state index contributed by atoms with van der Waals surface area (Å²) >= 11 is 3.43. The average molecular weight is 355 g/mol. The van der Waals surface area contributed by atoms with Gasteiger partial charge in [0, 0.05) is 32.7 Å². The van der Waals surface area contributed by atoms with Crippen molar-refractivity contribution in [3.63, 3.8) is 0 Å². The van der Waals surface area contributed by atoms with Crippen molar-refractivity contribution in [1.82, 2.24) is 19.6 Å². The highest BCUT2D eigenvalue weighted by Crippen LogP contribution is 2.23. The molecule has 6 nitrogen and oxygen atoms in total. The molecule has 2 rings (SSSR count). The molecule has 1 saturated heterocycles. The number of hydrogen-bond acceptors (Lipinski definition) is 3. The van der Waals surface area contributed by atoms with Gasteiger partial charge in [0.15, 0.2) is 5.69 Å². The second kappa shape index (κ2) is 6.01. The third kappa shape index (κ3) is 2.88. The molecule has 0 N–H and O–H groups in total. The lowest BCUT2D eigenvalue weighted by Gasteiger charge is -2.39. The fraction of sp³-hybridized carbons (Fsp3) is 0.500. The van der Waals surface area contributed by atoms with E-state index in [0.29, 0.717) is 25.3 Å². The molecule has 2 heterocycles. The number of halogens is 1. The van der Waals surface area contributed by atoms with Crippen molar-refractivity contribution in [2.75, 3.05) is 19.6 Å². The van der Waals surface area contributed by atoms with Gasteiger partial charge in [-0.3, -0.25) is 14.3 Å². The van der Waals surface area contributed by atoms with Gasteiger partial charge in [0.1, 0.15) is 0 Å². The fourth-order valence-corrected chi connectivity index (χ4v) is 2.95. The van der Waals surface area contributed by atoms with Crippen molar-refractivity contribution in [3.8, 4) is 0 Å². The smallest absolute Gasteiger partial charge is 0.275 e. The van der Waals surface area contributed by atoms with Crippen LogP contribution >= 0.6 is 15.9 Å². The molecule has 1 fully saturated rings. The first-order valence-corrected chi connectivity index (χ1v) is 7.57. The first-order valence-electron chi connectivity index (χ1n) is 6.78. The predicted molar refractivity (Wildman–Crippen MR) is 82.9 cm³/mol. The standard InChI is InChI=1S/C14H19BrN4O2/c1-5-11(20)18-6-7-19(9(2)8-18)14(21)13-12(15)10(3)17(4)16-13/h5,9H,1,6-8H2,2-4H3/t9-/m0/s1. The van der Waals surface area contributed by atoms with E-state index in [1.54, 1.807) is 21.5 Å². The number of carbonyl (C=O) groups excluding carboxylic acids is 2. The summed E-state index contributed by atoms with van der Waals surface area (Å²) in [5.41, 5.74) is 1.33. The van der Waals surface area contributed by atoms with E-state index in [0.717, 1.165) is 10.2 Å². The van der Waals surface area contributed by atoms with Crippen LogP contribution in [0.1, 0.15) is 23.1 Å². The van der Waals surface area contributed by atoms with E-state index in [2.05, 4.69) is 27.6 Å². The number of carbonyl (C=O) groups is 2. The Morgan fingerprint density at radius 3 is 2.57 bits per heavy atom. The summed E-state index contributed by atoms with van der Waals surface area (Å²) in [6.07, 6.45) is 1.31. The highest BCUT2D eigenvalue weighted by Gasteiger charge is 2.32. The highest BCUT2D eigenvalue weighted by molar-refractivity contribution is 9.10. The predicted octanol–water partition coefficient (Wildman–Crippen LogP) is 1.35. The zero-order valence-corrected chi connectivity index (χ0v) is 14.1. The summed E-state index contributed by atoms with van der Waals surface area (Å²) in [5.74, 6) is -0.201. The van der Waals surface area contributed by atoms with E-state index < -0.39 is 0 Å². The Labute approximate surface area is 132 Å². The van der Waals surface area contributed by atoms with Gasteiger partial charge in [-0.15, -0.1) is 0 Å². The number of aromatic nitrogens is 2. The van der Waals surface area contributed by atoms with Crippen LogP contribution < -0.4 is 0 Å². The molecule has 0 unspecified atom stereocenters. The minimum Gasteiger partial charge on any atom is -0.335 e. The number of aryl methyl sites for hydroxylation is 1. The van der Waals surface area contributed by atoms with Crippen LogP contribution in [0.25, 0.3) is 0 Å². The van der Waals surface area contributed by atoms with Crippen LogP contribution in [0.2, 0.25) is 0 Å². The largest absolute Gasteiger partial charge is 0.335 e. The molecule has 21 heavy (non-hydrogen) atoms. The van der Waals surface area contributed by atoms with Crippen molar-refractivity contribution in [3.05, 3.63) is 28.5 Å². The molecule has 1 atom stereocenters. The highest BCUT2D eigenvalue weighted by atomic mass is 79.9. The molecule has 114 valence electrons. The Hall–Kier alpha value is -1.63. The van der Waals surface area contributed by atoms with Gasteiger partial charge >= 0.3 is 0 Å². The molecule has 1 aromatic rings. The molecule has 0 radical (unpaired) electrons. The molecule has 0 aliphatic carbocycles. The third-order valence-corrected chi connectivity index (χ3v) is 4.79. The van der Waals surface area contributed by atoms with Crippen LogP contribution in [0.3, 0.4) is 0 Å². The second-order valence-corrected chi connectivity index (χ2v) is 6.00. The van der Waals surface area contributed by atoms with Crippen molar-refractivity contribution in [2.45, 2.75) is 19.9 Å². The maximum absolute atomic E-state index is 12.6. The first-order chi connectivity index (χ1) is 9.86. The molecule has 0 spiro atoms. The van der Waals surface area contributed by atoms with Crippen LogP contribution in [-0.4, -0.2) is 57.1 Å². The van der Waals surface area contributed by atoms with E-state index in [4.69, 9.17) is 0 Å². The minimum atomic E-state index is -0.108. The molecular weight excluding hydrogens is 336 g/mol. The van der Waals surface area contributed by atoms with E-state index in [1.165, 1.54) is 6.08 Å². The maximum Gasteiger partial charge on any atom is 0.275 e. The van der Waals surface area contributed by atoms with E-state index >= 15 is 0 Å². The molecule has 7 heteroatoms. The van der Waals surface area contributed by atoms with Crippen LogP contribution in [0, 0.1) is 6.92 Å². The normalized spacial score (nSPS) is 18.8. The van der Waals surface area contributed by atoms with Crippen molar-refractivity contribution in [2.24, 2.45) is 7.05 Å². The first kappa shape index (κ1) is 15.8. The molecule has 0 bridgehead atoms. The number of rotatable bonds is 2. The van der Waals surface area contributed by atoms with Crippen molar-refractivity contribution >= 4 is 27.7 Å². The molecule has 0 saturated carbocycles. The quantitative estimate of drug-likeness (QED) is 0.753. The lowest BCUT2D eigenvalue weighted by Crippen LogP contribution is -2.55. The monoisotopic (exact) mass is 354 g/mol. The summed E-state index contributed by atoms with van der Waals surface area (Å²) in [6.45, 7) is 8.87. The van der Waals surface area contributed by atoms with Crippen molar-refractivity contribution < 1.29 is 9.59 Å². The maximum atomic E-state index is 12.6. The van der Waals surface area contributed by atoms with Gasteiger partial charge in [-0.05, 0) is 35.9 Å². The van der Waals surface area contributed by atoms with Crippen LogP contribution in [0.15, 0.2) is 17.1 Å². The molecule has 2 amide bonds. The number of nitrogens with zero attached hydrogens (tertiary/aromatic N) is 4. The van der Waals surface area contributed by atoms with Gasteiger partial charge in [0.05, 0.1) is 10.2 Å². The Morgan fingerprint density at radius 2 is 2.10 bits per heavy atom. The minimum absolute atomic E-state index is 0.0515. The van der Waals surface area contributed by atoms with Gasteiger partial charge < -0.3 is 9.80 Å². The Morgan fingerprint density at radius 1 is 1.43 bits per heavy atom. The molecule has 1 aliphatic heterocycles. The summed E-state index contributed by atoms with van der Waals surface area (Å²) in [7, 11) is 1.81. The average Bonchev–Trinajstić information content (AvgIpc) is 2.73. The lowest BCUT2D eigenvalue weighted by atomic mass is 10.1. The summed E-state index contributed by atoms with van der Waals surface area (Å²) in [4.78, 5) is 27.8. The molecule has 0 aromatic carbocycles. The topological polar surface area (TPSA) is 58.4 Å². The van der Waals surface area contributed by atoms with Crippen LogP contribution in [-0.2, 0) is 11.8 Å². The zero-order valence-electron chi connectivity index (χ0n) is 12.5. The Bertz CT molecular complexity index is 596. The lowest BCUT2D eigenvalue weighted by molar-refractivity contribution is -0.128. The molecular formula is C14H19BrN4O2. The molecule has 1 aliphatic rings. The zero-order chi connectivity index (χ0) is 15.7. The summed E-state index contributed by atoms with van der Waals surface area (Å²) in [6, 6.07) is -0.0515. The Kier molecular flexibility index (Phi) is 4.51. The number of hydrogen-bond donors (Lipinski definition) is 0. The van der Waals surface area contributed by atoms with E-state index in [1.807, 2.05) is 13.8 Å². The van der Waals surface area contributed by atoms with E-state index in [9.17, 15) is 9.59 Å². The third-order valence-electron chi connectivity index (χ3n) is 3.84. The van der Waals surface area contributed by atoms with Gasteiger partial charge in [0.25, 0.3) is 5.91 Å². The fourth-order valence-electron chi connectivity index (χ4n) is 2.44. The second-order valence-electron chi connectivity index (χ2n) is 5.21. The van der Waals surface area contributed by atoms with Gasteiger partial charge in [0.2, 0.25) is 5.91 Å². The van der Waals surface area contributed by atoms with Gasteiger partial charge in [-0.1, -0.05) is 6.58 Å². The van der Waals surface area contributed by atoms with Crippen LogP contribution in [0.5, 0.6) is 0 Å². The van der Waals surface area contributed by atoms with Crippen molar-refractivity contribution in [1.29, 1.82) is 0 Å². The molecule has 1 aromatic heterocycles. The Balaban J connectivity index is 2.16. The van der Waals surface area contributed by atoms with Crippen LogP contribution in [0.4, 0.5) is 0 Å². The van der Waals surface area contributed by atoms with Gasteiger partial charge in [-0.2, -0.15) is 5.10 Å². The van der Waals surface area contributed by atoms with E-state index in [-0.39, 0.29) is 17.9 Å². The number of piperazine rings is 1.